The maximum atomic E-state index is 12.9. The van der Waals surface area contributed by atoms with Gasteiger partial charge in [0.05, 0.1) is 28.3 Å². The maximum Gasteiger partial charge on any atom is 0.335 e. The number of rotatable bonds is 14. The van der Waals surface area contributed by atoms with Crippen LogP contribution in [0.25, 0.3) is 11.1 Å². The topological polar surface area (TPSA) is 139 Å². The smallest absolute Gasteiger partial charge is 0.335 e. The van der Waals surface area contributed by atoms with Crippen molar-refractivity contribution < 1.29 is 38.9 Å². The largest absolute Gasteiger partial charge is 0.496 e. The zero-order valence-corrected chi connectivity index (χ0v) is 25.6. The first-order valence-electron chi connectivity index (χ1n) is 13.6. The first kappa shape index (κ1) is 33.4. The molecule has 0 aliphatic rings. The number of carboxylic acids is 2. The van der Waals surface area contributed by atoms with Crippen LogP contribution < -0.4 is 10.1 Å². The number of halogens is 2. The van der Waals surface area contributed by atoms with Crippen molar-refractivity contribution in [2.75, 3.05) is 7.11 Å². The second-order valence-corrected chi connectivity index (χ2v) is 10.8. The quantitative estimate of drug-likeness (QED) is 0.132. The fourth-order valence-electron chi connectivity index (χ4n) is 4.58. The van der Waals surface area contributed by atoms with Gasteiger partial charge in [-0.25, -0.2) is 9.59 Å². The molecule has 0 aliphatic heterocycles. The Labute approximate surface area is 259 Å². The van der Waals surface area contributed by atoms with Crippen molar-refractivity contribution in [1.29, 1.82) is 0 Å². The van der Waals surface area contributed by atoms with Gasteiger partial charge in [-0.15, -0.1) is 0 Å². The van der Waals surface area contributed by atoms with Crippen molar-refractivity contribution in [3.8, 4) is 16.9 Å². The number of methoxy groups -OCH3 is 1. The summed E-state index contributed by atoms with van der Waals surface area (Å²) in [6, 6.07) is 11.7. The molecule has 3 N–H and O–H groups in total. The van der Waals surface area contributed by atoms with Crippen molar-refractivity contribution >= 4 is 47.0 Å². The molecule has 0 aliphatic carbocycles. The lowest BCUT2D eigenvalue weighted by molar-refractivity contribution is -0.145. The minimum absolute atomic E-state index is 0.0392. The van der Waals surface area contributed by atoms with Gasteiger partial charge in [0, 0.05) is 18.4 Å². The number of esters is 1. The van der Waals surface area contributed by atoms with Crippen LogP contribution >= 0.6 is 23.2 Å². The van der Waals surface area contributed by atoms with E-state index >= 15 is 0 Å². The molecule has 0 radical (unpaired) electrons. The highest BCUT2D eigenvalue weighted by Gasteiger charge is 2.25. The summed E-state index contributed by atoms with van der Waals surface area (Å²) in [6.07, 6.45) is 3.16. The third-order valence-corrected chi connectivity index (χ3v) is 7.36. The van der Waals surface area contributed by atoms with E-state index in [0.29, 0.717) is 17.7 Å². The number of aryl methyl sites for hydroxylation is 1. The first-order valence-corrected chi connectivity index (χ1v) is 14.4. The number of aromatic carboxylic acids is 1. The number of hydrogen-bond donors (Lipinski definition) is 3. The Kier molecular flexibility index (Phi) is 12.0. The Morgan fingerprint density at radius 3 is 2.14 bits per heavy atom. The lowest BCUT2D eigenvalue weighted by Crippen LogP contribution is -2.42. The van der Waals surface area contributed by atoms with Gasteiger partial charge >= 0.3 is 17.9 Å². The van der Waals surface area contributed by atoms with Crippen LogP contribution in [-0.2, 0) is 27.4 Å². The van der Waals surface area contributed by atoms with E-state index in [1.54, 1.807) is 19.2 Å². The van der Waals surface area contributed by atoms with Crippen LogP contribution in [0.5, 0.6) is 5.75 Å². The van der Waals surface area contributed by atoms with Gasteiger partial charge in [-0.05, 0) is 53.8 Å². The Hall–Kier alpha value is -4.08. The number of unbranched alkanes of at least 4 members (excludes halogenated alkanes) is 2. The molecule has 0 saturated carbocycles. The Bertz CT molecular complexity index is 1480. The second-order valence-electron chi connectivity index (χ2n) is 9.99. The van der Waals surface area contributed by atoms with Gasteiger partial charge in [0.2, 0.25) is 0 Å². The van der Waals surface area contributed by atoms with Gasteiger partial charge in [0.15, 0.2) is 0 Å². The predicted octanol–water partition coefficient (Wildman–Crippen LogP) is 6.72. The predicted molar refractivity (Wildman–Crippen MR) is 163 cm³/mol. The molecule has 43 heavy (non-hydrogen) atoms. The summed E-state index contributed by atoms with van der Waals surface area (Å²) in [5, 5.41) is 20.9. The van der Waals surface area contributed by atoms with Crippen molar-refractivity contribution in [3.05, 3.63) is 86.4 Å². The normalized spacial score (nSPS) is 11.5. The number of carbonyl (C=O) groups excluding carboxylic acids is 2. The molecule has 0 spiro atoms. The second kappa shape index (κ2) is 15.4. The molecule has 9 nitrogen and oxygen atoms in total. The maximum absolute atomic E-state index is 12.9. The van der Waals surface area contributed by atoms with Crippen molar-refractivity contribution in [2.24, 2.45) is 0 Å². The van der Waals surface area contributed by atoms with Crippen LogP contribution in [0.4, 0.5) is 0 Å². The van der Waals surface area contributed by atoms with E-state index in [1.165, 1.54) is 0 Å². The van der Waals surface area contributed by atoms with E-state index in [1.807, 2.05) is 31.2 Å². The molecule has 0 aromatic heterocycles. The summed E-state index contributed by atoms with van der Waals surface area (Å²) in [6.45, 7) is 4.14. The Balaban J connectivity index is 1.74. The zero-order chi connectivity index (χ0) is 31.7. The molecule has 0 unspecified atom stereocenters. The number of benzene rings is 3. The number of aliphatic carboxylic acids is 1. The number of nitrogens with one attached hydrogen (secondary N) is 1. The van der Waals surface area contributed by atoms with Crippen molar-refractivity contribution in [3.63, 3.8) is 0 Å². The van der Waals surface area contributed by atoms with Crippen LogP contribution in [0, 0.1) is 6.92 Å². The molecular formula is C32H33Cl2NO8. The monoisotopic (exact) mass is 629 g/mol. The van der Waals surface area contributed by atoms with Crippen LogP contribution in [0.3, 0.4) is 0 Å². The summed E-state index contributed by atoms with van der Waals surface area (Å²) in [5.74, 6) is -3.02. The van der Waals surface area contributed by atoms with Gasteiger partial charge in [-0.3, -0.25) is 9.59 Å². The SMILES string of the molecule is CCCCCC(=O)OCc1cc(C)c(-c2ccc(C[C@H](NC(=O)c3c(Cl)cc(C(=O)O)cc3Cl)C(=O)O)cc2)c(OC)c1. The third kappa shape index (κ3) is 8.95. The van der Waals surface area contributed by atoms with Gasteiger partial charge in [0.25, 0.3) is 5.91 Å². The highest BCUT2D eigenvalue weighted by atomic mass is 35.5. The molecule has 3 rings (SSSR count). The Morgan fingerprint density at radius 1 is 0.930 bits per heavy atom. The van der Waals surface area contributed by atoms with E-state index in [-0.39, 0.29) is 40.2 Å². The standard InChI is InChI=1S/C32H33Cl2NO8/c1-4-5-6-7-27(36)43-17-20-12-18(2)28(26(14-20)42-3)21-10-8-19(9-11-21)13-25(32(40)41)35-30(37)29-23(33)15-22(31(38)39)16-24(29)34/h8-12,14-16,25H,4-7,13,17H2,1-3H3,(H,35,37)(H,38,39)(H,40,41)/t25-/m0/s1. The van der Waals surface area contributed by atoms with E-state index in [0.717, 1.165) is 53.6 Å². The van der Waals surface area contributed by atoms with Gasteiger partial charge in [-0.2, -0.15) is 0 Å². The van der Waals surface area contributed by atoms with Crippen LogP contribution in [0.15, 0.2) is 48.5 Å². The van der Waals surface area contributed by atoms with Crippen LogP contribution in [0.2, 0.25) is 10.0 Å². The lowest BCUT2D eigenvalue weighted by atomic mass is 9.95. The molecule has 1 atom stereocenters. The van der Waals surface area contributed by atoms with Crippen molar-refractivity contribution in [1.82, 2.24) is 5.32 Å². The van der Waals surface area contributed by atoms with E-state index < -0.39 is 23.9 Å². The minimum atomic E-state index is -1.31. The lowest BCUT2D eigenvalue weighted by Gasteiger charge is -2.17. The molecule has 1 amide bonds. The number of hydrogen-bond acceptors (Lipinski definition) is 6. The molecule has 0 fully saturated rings. The summed E-state index contributed by atoms with van der Waals surface area (Å²) in [4.78, 5) is 48.1. The molecule has 228 valence electrons. The molecule has 3 aromatic carbocycles. The highest BCUT2D eigenvalue weighted by Crippen LogP contribution is 2.35. The molecular weight excluding hydrogens is 597 g/mol. The number of carbonyl (C=O) groups is 4. The van der Waals surface area contributed by atoms with E-state index in [9.17, 15) is 24.3 Å². The minimum Gasteiger partial charge on any atom is -0.496 e. The number of amides is 1. The summed E-state index contributed by atoms with van der Waals surface area (Å²) >= 11 is 12.2. The van der Waals surface area contributed by atoms with Gasteiger partial charge in [0.1, 0.15) is 18.4 Å². The van der Waals surface area contributed by atoms with Crippen LogP contribution in [-0.4, -0.2) is 47.2 Å². The van der Waals surface area contributed by atoms with Gasteiger partial charge in [-0.1, -0.05) is 73.3 Å². The molecule has 0 saturated heterocycles. The van der Waals surface area contributed by atoms with E-state index in [4.69, 9.17) is 37.8 Å². The van der Waals surface area contributed by atoms with Crippen LogP contribution in [0.1, 0.15) is 70.0 Å². The number of ether oxygens (including phenoxy) is 2. The summed E-state index contributed by atoms with van der Waals surface area (Å²) < 4.78 is 11.1. The number of carboxylic acid groups (broad SMARTS) is 2. The molecule has 11 heteroatoms. The average Bonchev–Trinajstić information content (AvgIpc) is 2.95. The fourth-order valence-corrected chi connectivity index (χ4v) is 5.24. The third-order valence-electron chi connectivity index (χ3n) is 6.77. The zero-order valence-electron chi connectivity index (χ0n) is 24.0. The summed E-state index contributed by atoms with van der Waals surface area (Å²) in [7, 11) is 1.56. The van der Waals surface area contributed by atoms with E-state index in [2.05, 4.69) is 12.2 Å². The van der Waals surface area contributed by atoms with Gasteiger partial charge < -0.3 is 25.0 Å². The molecule has 3 aromatic rings. The average molecular weight is 631 g/mol. The fraction of sp³-hybridized carbons (Fsp3) is 0.312. The summed E-state index contributed by atoms with van der Waals surface area (Å²) in [5.41, 5.74) is 3.59. The first-order chi connectivity index (χ1) is 20.4. The molecule has 0 bridgehead atoms. The van der Waals surface area contributed by atoms with Crippen molar-refractivity contribution in [2.45, 2.75) is 58.6 Å². The molecule has 0 heterocycles. The highest BCUT2D eigenvalue weighted by molar-refractivity contribution is 6.40. The Morgan fingerprint density at radius 2 is 1.58 bits per heavy atom.